The SMILES string of the molecule is O[C@H]1CCCC[C@H]1NC1CCN(Cc2ccccc2Cl)CC1. The summed E-state index contributed by atoms with van der Waals surface area (Å²) in [6, 6.07) is 8.99. The van der Waals surface area contributed by atoms with E-state index in [1.165, 1.54) is 18.4 Å². The van der Waals surface area contributed by atoms with Gasteiger partial charge in [-0.25, -0.2) is 0 Å². The number of nitrogens with zero attached hydrogens (tertiary/aromatic N) is 1. The van der Waals surface area contributed by atoms with E-state index in [1.807, 2.05) is 12.1 Å². The van der Waals surface area contributed by atoms with Crippen LogP contribution in [0.4, 0.5) is 0 Å². The lowest BCUT2D eigenvalue weighted by Crippen LogP contribution is -2.50. The topological polar surface area (TPSA) is 35.5 Å². The maximum Gasteiger partial charge on any atom is 0.0693 e. The fourth-order valence-corrected chi connectivity index (χ4v) is 3.93. The molecule has 1 saturated carbocycles. The molecule has 1 aromatic rings. The van der Waals surface area contributed by atoms with E-state index in [0.717, 1.165) is 50.3 Å². The molecule has 2 fully saturated rings. The van der Waals surface area contributed by atoms with Gasteiger partial charge in [0.2, 0.25) is 0 Å². The summed E-state index contributed by atoms with van der Waals surface area (Å²) < 4.78 is 0. The Bertz CT molecular complexity index is 474. The minimum atomic E-state index is -0.144. The molecule has 1 aliphatic heterocycles. The van der Waals surface area contributed by atoms with E-state index in [-0.39, 0.29) is 6.10 Å². The summed E-state index contributed by atoms with van der Waals surface area (Å²) in [5, 5.41) is 14.7. The van der Waals surface area contributed by atoms with Crippen LogP contribution in [0.15, 0.2) is 24.3 Å². The lowest BCUT2D eigenvalue weighted by Gasteiger charge is -2.37. The van der Waals surface area contributed by atoms with Gasteiger partial charge < -0.3 is 10.4 Å². The second kappa shape index (κ2) is 7.78. The zero-order chi connectivity index (χ0) is 15.4. The number of aliphatic hydroxyl groups excluding tert-OH is 1. The third-order valence-corrected chi connectivity index (χ3v) is 5.49. The molecule has 1 saturated heterocycles. The first-order valence-electron chi connectivity index (χ1n) is 8.62. The Morgan fingerprint density at radius 3 is 2.55 bits per heavy atom. The van der Waals surface area contributed by atoms with Crippen LogP contribution in [-0.4, -0.2) is 41.3 Å². The molecule has 0 spiro atoms. The number of halogens is 1. The van der Waals surface area contributed by atoms with Gasteiger partial charge in [-0.2, -0.15) is 0 Å². The maximum absolute atomic E-state index is 10.1. The van der Waals surface area contributed by atoms with E-state index in [0.29, 0.717) is 12.1 Å². The third-order valence-electron chi connectivity index (χ3n) is 5.12. The van der Waals surface area contributed by atoms with E-state index in [9.17, 15) is 5.11 Å². The maximum atomic E-state index is 10.1. The molecule has 2 N–H and O–H groups in total. The molecule has 0 unspecified atom stereocenters. The molecule has 3 rings (SSSR count). The van der Waals surface area contributed by atoms with Gasteiger partial charge in [-0.1, -0.05) is 42.6 Å². The first-order valence-corrected chi connectivity index (χ1v) is 9.00. The monoisotopic (exact) mass is 322 g/mol. The van der Waals surface area contributed by atoms with Crippen molar-refractivity contribution in [3.05, 3.63) is 34.9 Å². The Hall–Kier alpha value is -0.610. The van der Waals surface area contributed by atoms with Crippen LogP contribution in [0, 0.1) is 0 Å². The van der Waals surface area contributed by atoms with Gasteiger partial charge in [-0.3, -0.25) is 4.90 Å². The molecule has 0 aromatic heterocycles. The highest BCUT2D eigenvalue weighted by Gasteiger charge is 2.27. The molecule has 0 bridgehead atoms. The van der Waals surface area contributed by atoms with Crippen LogP contribution in [0.1, 0.15) is 44.1 Å². The van der Waals surface area contributed by atoms with Gasteiger partial charge >= 0.3 is 0 Å². The van der Waals surface area contributed by atoms with Gasteiger partial charge in [0.15, 0.2) is 0 Å². The molecule has 1 heterocycles. The Kier molecular flexibility index (Phi) is 5.75. The van der Waals surface area contributed by atoms with Crippen LogP contribution >= 0.6 is 11.6 Å². The molecule has 3 nitrogen and oxygen atoms in total. The normalized spacial score (nSPS) is 27.9. The summed E-state index contributed by atoms with van der Waals surface area (Å²) >= 11 is 6.25. The molecular weight excluding hydrogens is 296 g/mol. The van der Waals surface area contributed by atoms with Crippen molar-refractivity contribution in [3.63, 3.8) is 0 Å². The molecule has 22 heavy (non-hydrogen) atoms. The largest absolute Gasteiger partial charge is 0.392 e. The molecular formula is C18H27ClN2O. The van der Waals surface area contributed by atoms with Gasteiger partial charge in [0, 0.05) is 23.7 Å². The summed E-state index contributed by atoms with van der Waals surface area (Å²) in [4.78, 5) is 2.48. The molecule has 0 amide bonds. The molecule has 1 aromatic carbocycles. The average Bonchev–Trinajstić information content (AvgIpc) is 2.54. The van der Waals surface area contributed by atoms with Crippen molar-refractivity contribution in [1.82, 2.24) is 10.2 Å². The number of hydrogen-bond donors (Lipinski definition) is 2. The van der Waals surface area contributed by atoms with Crippen molar-refractivity contribution >= 4 is 11.6 Å². The summed E-state index contributed by atoms with van der Waals surface area (Å²) in [5.41, 5.74) is 1.22. The second-order valence-electron chi connectivity index (χ2n) is 6.77. The number of nitrogens with one attached hydrogen (secondary N) is 1. The van der Waals surface area contributed by atoms with E-state index in [1.54, 1.807) is 0 Å². The van der Waals surface area contributed by atoms with Crippen molar-refractivity contribution in [2.24, 2.45) is 0 Å². The van der Waals surface area contributed by atoms with Crippen LogP contribution in [-0.2, 0) is 6.54 Å². The summed E-state index contributed by atoms with van der Waals surface area (Å²) in [6.45, 7) is 3.15. The lowest BCUT2D eigenvalue weighted by molar-refractivity contribution is 0.0759. The van der Waals surface area contributed by atoms with Gasteiger partial charge in [-0.05, 0) is 50.4 Å². The second-order valence-corrected chi connectivity index (χ2v) is 7.17. The average molecular weight is 323 g/mol. The van der Waals surface area contributed by atoms with Crippen LogP contribution < -0.4 is 5.32 Å². The van der Waals surface area contributed by atoms with Crippen LogP contribution in [0.25, 0.3) is 0 Å². The smallest absolute Gasteiger partial charge is 0.0693 e. The Morgan fingerprint density at radius 2 is 1.82 bits per heavy atom. The summed E-state index contributed by atoms with van der Waals surface area (Å²) in [7, 11) is 0. The van der Waals surface area contributed by atoms with Crippen molar-refractivity contribution in [2.75, 3.05) is 13.1 Å². The number of piperidine rings is 1. The number of benzene rings is 1. The first kappa shape index (κ1) is 16.3. The fourth-order valence-electron chi connectivity index (χ4n) is 3.73. The van der Waals surface area contributed by atoms with E-state index in [4.69, 9.17) is 11.6 Å². The minimum absolute atomic E-state index is 0.144. The zero-order valence-corrected chi connectivity index (χ0v) is 13.9. The molecule has 1 aliphatic carbocycles. The van der Waals surface area contributed by atoms with E-state index >= 15 is 0 Å². The Morgan fingerprint density at radius 1 is 1.09 bits per heavy atom. The molecule has 2 atom stereocenters. The zero-order valence-electron chi connectivity index (χ0n) is 13.2. The van der Waals surface area contributed by atoms with Gasteiger partial charge in [0.1, 0.15) is 0 Å². The molecule has 2 aliphatic rings. The highest BCUT2D eigenvalue weighted by Crippen LogP contribution is 2.22. The fraction of sp³-hybridized carbons (Fsp3) is 0.667. The van der Waals surface area contributed by atoms with Gasteiger partial charge in [0.25, 0.3) is 0 Å². The predicted octanol–water partition coefficient (Wildman–Crippen LogP) is 3.20. The predicted molar refractivity (Wildman–Crippen MR) is 91.1 cm³/mol. The Balaban J connectivity index is 1.45. The molecule has 122 valence electrons. The third kappa shape index (κ3) is 4.23. The van der Waals surface area contributed by atoms with Crippen LogP contribution in [0.5, 0.6) is 0 Å². The van der Waals surface area contributed by atoms with Gasteiger partial charge in [-0.15, -0.1) is 0 Å². The van der Waals surface area contributed by atoms with Crippen molar-refractivity contribution < 1.29 is 5.11 Å². The highest BCUT2D eigenvalue weighted by atomic mass is 35.5. The lowest BCUT2D eigenvalue weighted by atomic mass is 9.91. The summed E-state index contributed by atoms with van der Waals surface area (Å²) in [5.74, 6) is 0. The summed E-state index contributed by atoms with van der Waals surface area (Å²) in [6.07, 6.45) is 6.69. The molecule has 0 radical (unpaired) electrons. The quantitative estimate of drug-likeness (QED) is 0.893. The van der Waals surface area contributed by atoms with Crippen LogP contribution in [0.2, 0.25) is 5.02 Å². The number of hydrogen-bond acceptors (Lipinski definition) is 3. The van der Waals surface area contributed by atoms with E-state index in [2.05, 4.69) is 22.3 Å². The standard InChI is InChI=1S/C18H27ClN2O/c19-16-6-2-1-5-14(16)13-21-11-9-15(10-12-21)20-17-7-3-4-8-18(17)22/h1-2,5-6,15,17-18,20,22H,3-4,7-13H2/t17-,18+/m1/s1. The number of likely N-dealkylation sites (tertiary alicyclic amines) is 1. The first-order chi connectivity index (χ1) is 10.7. The van der Waals surface area contributed by atoms with Gasteiger partial charge in [0.05, 0.1) is 6.10 Å². The van der Waals surface area contributed by atoms with Crippen molar-refractivity contribution in [1.29, 1.82) is 0 Å². The van der Waals surface area contributed by atoms with Crippen molar-refractivity contribution in [3.8, 4) is 0 Å². The minimum Gasteiger partial charge on any atom is -0.392 e. The van der Waals surface area contributed by atoms with E-state index < -0.39 is 0 Å². The van der Waals surface area contributed by atoms with Crippen molar-refractivity contribution in [2.45, 2.75) is 63.3 Å². The number of aliphatic hydroxyl groups is 1. The molecule has 4 heteroatoms. The van der Waals surface area contributed by atoms with Crippen LogP contribution in [0.3, 0.4) is 0 Å². The highest BCUT2D eigenvalue weighted by molar-refractivity contribution is 6.31. The number of rotatable bonds is 4. The Labute approximate surface area is 138 Å².